The molecule has 2 heteroatoms. The summed E-state index contributed by atoms with van der Waals surface area (Å²) in [5.41, 5.74) is 8.00. The van der Waals surface area contributed by atoms with Crippen LogP contribution in [-0.2, 0) is 5.54 Å². The second kappa shape index (κ2) is 3.35. The Morgan fingerprint density at radius 2 is 2.07 bits per heavy atom. The van der Waals surface area contributed by atoms with Crippen molar-refractivity contribution in [2.45, 2.75) is 44.6 Å². The maximum absolute atomic E-state index is 5.97. The molecule has 0 saturated heterocycles. The van der Waals surface area contributed by atoms with Crippen molar-refractivity contribution in [3.8, 4) is 0 Å². The third-order valence-corrected chi connectivity index (χ3v) is 3.02. The van der Waals surface area contributed by atoms with E-state index in [1.54, 1.807) is 0 Å². The van der Waals surface area contributed by atoms with Gasteiger partial charge in [-0.3, -0.25) is 4.98 Å². The summed E-state index contributed by atoms with van der Waals surface area (Å²) in [6.07, 6.45) is 6.02. The van der Waals surface area contributed by atoms with Crippen LogP contribution in [-0.4, -0.2) is 4.98 Å². The van der Waals surface area contributed by atoms with Gasteiger partial charge < -0.3 is 5.73 Å². The molecule has 0 spiro atoms. The summed E-state index contributed by atoms with van der Waals surface area (Å²) < 4.78 is 0. The molecule has 0 aliphatic heterocycles. The lowest BCUT2D eigenvalue weighted by molar-refractivity contribution is 0.418. The third kappa shape index (κ3) is 1.80. The highest BCUT2D eigenvalue weighted by atomic mass is 14.8. The fraction of sp³-hybridized carbons (Fsp3) is 0.583. The largest absolute Gasteiger partial charge is 0.321 e. The number of nitrogens with two attached hydrogens (primary N) is 1. The van der Waals surface area contributed by atoms with Gasteiger partial charge in [-0.15, -0.1) is 0 Å². The zero-order valence-electron chi connectivity index (χ0n) is 8.96. The number of pyridine rings is 1. The molecule has 0 radical (unpaired) electrons. The molecule has 2 N–H and O–H groups in total. The summed E-state index contributed by atoms with van der Waals surface area (Å²) >= 11 is 0. The lowest BCUT2D eigenvalue weighted by atomic mass is 9.80. The average molecular weight is 190 g/mol. The molecule has 2 rings (SSSR count). The molecule has 1 aromatic rings. The van der Waals surface area contributed by atoms with E-state index in [1.165, 1.54) is 24.8 Å². The zero-order chi connectivity index (χ0) is 10.2. The van der Waals surface area contributed by atoms with Crippen LogP contribution in [0.1, 0.15) is 50.3 Å². The molecule has 2 nitrogen and oxygen atoms in total. The van der Waals surface area contributed by atoms with Gasteiger partial charge in [-0.05, 0) is 44.2 Å². The Labute approximate surface area is 85.5 Å². The SMILES string of the molecule is CC(C)(N)c1ccc(C2CCC2)cn1. The zero-order valence-corrected chi connectivity index (χ0v) is 8.96. The Bertz CT molecular complexity index is 304. The van der Waals surface area contributed by atoms with E-state index in [-0.39, 0.29) is 5.54 Å². The minimum Gasteiger partial charge on any atom is -0.321 e. The topological polar surface area (TPSA) is 38.9 Å². The van der Waals surface area contributed by atoms with Crippen LogP contribution in [0.5, 0.6) is 0 Å². The highest BCUT2D eigenvalue weighted by Gasteiger charge is 2.21. The molecule has 0 unspecified atom stereocenters. The van der Waals surface area contributed by atoms with Gasteiger partial charge in [0.05, 0.1) is 11.2 Å². The Morgan fingerprint density at radius 3 is 2.43 bits per heavy atom. The van der Waals surface area contributed by atoms with Crippen molar-refractivity contribution in [2.24, 2.45) is 5.73 Å². The smallest absolute Gasteiger partial charge is 0.0596 e. The van der Waals surface area contributed by atoms with E-state index in [9.17, 15) is 0 Å². The van der Waals surface area contributed by atoms with E-state index in [0.717, 1.165) is 11.6 Å². The molecule has 1 fully saturated rings. The Morgan fingerprint density at radius 1 is 1.36 bits per heavy atom. The number of hydrogen-bond acceptors (Lipinski definition) is 2. The normalized spacial score (nSPS) is 17.9. The fourth-order valence-electron chi connectivity index (χ4n) is 1.77. The van der Waals surface area contributed by atoms with Crippen molar-refractivity contribution < 1.29 is 0 Å². The van der Waals surface area contributed by atoms with Gasteiger partial charge in [-0.25, -0.2) is 0 Å². The molecular formula is C12H18N2. The highest BCUT2D eigenvalue weighted by Crippen LogP contribution is 2.36. The first-order chi connectivity index (χ1) is 6.57. The number of aromatic nitrogens is 1. The van der Waals surface area contributed by atoms with Crippen LogP contribution in [0.3, 0.4) is 0 Å². The molecule has 1 heterocycles. The molecule has 0 amide bonds. The highest BCUT2D eigenvalue weighted by molar-refractivity contribution is 5.22. The Hall–Kier alpha value is -0.890. The van der Waals surface area contributed by atoms with Crippen LogP contribution < -0.4 is 5.73 Å². The molecule has 0 bridgehead atoms. The van der Waals surface area contributed by atoms with Gasteiger partial charge in [0, 0.05) is 6.20 Å². The van der Waals surface area contributed by atoms with Gasteiger partial charge in [-0.1, -0.05) is 12.5 Å². The standard InChI is InChI=1S/C12H18N2/c1-12(2,13)11-7-6-10(8-14-11)9-4-3-5-9/h6-9H,3-5,13H2,1-2H3. The van der Waals surface area contributed by atoms with E-state index < -0.39 is 0 Å². The van der Waals surface area contributed by atoms with E-state index in [4.69, 9.17) is 5.73 Å². The first-order valence-electron chi connectivity index (χ1n) is 5.33. The van der Waals surface area contributed by atoms with Crippen molar-refractivity contribution >= 4 is 0 Å². The molecule has 1 aromatic heterocycles. The minimum atomic E-state index is -0.321. The molecule has 1 aliphatic carbocycles. The van der Waals surface area contributed by atoms with E-state index >= 15 is 0 Å². The van der Waals surface area contributed by atoms with Crippen LogP contribution in [0.2, 0.25) is 0 Å². The average Bonchev–Trinajstić information content (AvgIpc) is 2.00. The van der Waals surface area contributed by atoms with Gasteiger partial charge in [0.1, 0.15) is 0 Å². The minimum absolute atomic E-state index is 0.321. The first kappa shape index (κ1) is 9.66. The van der Waals surface area contributed by atoms with Crippen molar-refractivity contribution in [1.29, 1.82) is 0 Å². The summed E-state index contributed by atoms with van der Waals surface area (Å²) in [7, 11) is 0. The van der Waals surface area contributed by atoms with Crippen molar-refractivity contribution in [3.05, 3.63) is 29.6 Å². The van der Waals surface area contributed by atoms with Crippen LogP contribution >= 0.6 is 0 Å². The maximum Gasteiger partial charge on any atom is 0.0596 e. The van der Waals surface area contributed by atoms with Gasteiger partial charge in [0.2, 0.25) is 0 Å². The fourth-order valence-corrected chi connectivity index (χ4v) is 1.77. The number of nitrogens with zero attached hydrogens (tertiary/aromatic N) is 1. The van der Waals surface area contributed by atoms with Crippen molar-refractivity contribution in [1.82, 2.24) is 4.98 Å². The molecule has 1 aliphatic rings. The molecular weight excluding hydrogens is 172 g/mol. The molecule has 0 atom stereocenters. The molecule has 0 aromatic carbocycles. The van der Waals surface area contributed by atoms with Gasteiger partial charge in [0.15, 0.2) is 0 Å². The number of rotatable bonds is 2. The lowest BCUT2D eigenvalue weighted by Gasteiger charge is -2.26. The van der Waals surface area contributed by atoms with Crippen LogP contribution in [0.4, 0.5) is 0 Å². The number of hydrogen-bond donors (Lipinski definition) is 1. The Balaban J connectivity index is 2.17. The summed E-state index contributed by atoms with van der Waals surface area (Å²) in [5.74, 6) is 0.762. The van der Waals surface area contributed by atoms with E-state index in [0.29, 0.717) is 0 Å². The van der Waals surface area contributed by atoms with E-state index in [1.807, 2.05) is 20.0 Å². The predicted molar refractivity (Wildman–Crippen MR) is 58.0 cm³/mol. The van der Waals surface area contributed by atoms with Gasteiger partial charge >= 0.3 is 0 Å². The summed E-state index contributed by atoms with van der Waals surface area (Å²) in [5, 5.41) is 0. The third-order valence-electron chi connectivity index (χ3n) is 3.02. The molecule has 76 valence electrons. The monoisotopic (exact) mass is 190 g/mol. The lowest BCUT2D eigenvalue weighted by Crippen LogP contribution is -2.29. The first-order valence-corrected chi connectivity index (χ1v) is 5.33. The summed E-state index contributed by atoms with van der Waals surface area (Å²) in [4.78, 5) is 4.43. The predicted octanol–water partition coefficient (Wildman–Crippen LogP) is 2.54. The van der Waals surface area contributed by atoms with Crippen LogP contribution in [0.25, 0.3) is 0 Å². The van der Waals surface area contributed by atoms with Gasteiger partial charge in [0.25, 0.3) is 0 Å². The van der Waals surface area contributed by atoms with Crippen LogP contribution in [0, 0.1) is 0 Å². The Kier molecular flexibility index (Phi) is 2.31. The summed E-state index contributed by atoms with van der Waals surface area (Å²) in [6, 6.07) is 4.24. The van der Waals surface area contributed by atoms with Crippen molar-refractivity contribution in [2.75, 3.05) is 0 Å². The summed E-state index contributed by atoms with van der Waals surface area (Å²) in [6.45, 7) is 3.97. The second-order valence-corrected chi connectivity index (χ2v) is 4.83. The van der Waals surface area contributed by atoms with Crippen molar-refractivity contribution in [3.63, 3.8) is 0 Å². The van der Waals surface area contributed by atoms with E-state index in [2.05, 4.69) is 17.1 Å². The molecule has 14 heavy (non-hydrogen) atoms. The second-order valence-electron chi connectivity index (χ2n) is 4.83. The van der Waals surface area contributed by atoms with Crippen LogP contribution in [0.15, 0.2) is 18.3 Å². The van der Waals surface area contributed by atoms with Gasteiger partial charge in [-0.2, -0.15) is 0 Å². The molecule has 1 saturated carbocycles. The quantitative estimate of drug-likeness (QED) is 0.778. The maximum atomic E-state index is 5.97.